The van der Waals surface area contributed by atoms with Gasteiger partial charge in [-0.05, 0) is 18.6 Å². The van der Waals surface area contributed by atoms with Crippen LogP contribution in [0.2, 0.25) is 0 Å². The number of alkyl halides is 1. The van der Waals surface area contributed by atoms with Crippen LogP contribution in [0.4, 0.5) is 5.82 Å². The van der Waals surface area contributed by atoms with Crippen LogP contribution in [0.1, 0.15) is 13.3 Å². The second kappa shape index (κ2) is 7.75. The summed E-state index contributed by atoms with van der Waals surface area (Å²) < 4.78 is 0. The first-order valence-corrected chi connectivity index (χ1v) is 9.17. The van der Waals surface area contributed by atoms with Gasteiger partial charge in [-0.3, -0.25) is 4.79 Å². The highest BCUT2D eigenvalue weighted by atomic mass is 79.9. The van der Waals surface area contributed by atoms with E-state index in [1.807, 2.05) is 54.3 Å². The van der Waals surface area contributed by atoms with E-state index < -0.39 is 0 Å². The maximum atomic E-state index is 12.2. The largest absolute Gasteiger partial charge is 0.352 e. The van der Waals surface area contributed by atoms with Crippen molar-refractivity contribution in [2.45, 2.75) is 18.2 Å². The van der Waals surface area contributed by atoms with Crippen LogP contribution in [0.5, 0.6) is 0 Å². The third-order valence-corrected chi connectivity index (χ3v) is 5.30. The first-order chi connectivity index (χ1) is 11.7. The Balaban J connectivity index is 1.62. The third-order valence-electron chi connectivity index (χ3n) is 4.26. The summed E-state index contributed by atoms with van der Waals surface area (Å²) in [6.45, 7) is 5.03. The Hall–Kier alpha value is -1.95. The van der Waals surface area contributed by atoms with E-state index in [2.05, 4.69) is 31.0 Å². The Morgan fingerprint density at radius 1 is 1.08 bits per heavy atom. The van der Waals surface area contributed by atoms with E-state index >= 15 is 0 Å². The van der Waals surface area contributed by atoms with E-state index in [1.165, 1.54) is 0 Å². The Morgan fingerprint density at radius 2 is 1.79 bits per heavy atom. The van der Waals surface area contributed by atoms with Crippen molar-refractivity contribution in [3.05, 3.63) is 42.5 Å². The fourth-order valence-corrected chi connectivity index (χ4v) is 3.07. The minimum atomic E-state index is -0.0750. The second-order valence-electron chi connectivity index (χ2n) is 5.83. The molecule has 0 saturated carbocycles. The zero-order valence-corrected chi connectivity index (χ0v) is 15.3. The summed E-state index contributed by atoms with van der Waals surface area (Å²) in [7, 11) is 0. The Labute approximate surface area is 150 Å². The van der Waals surface area contributed by atoms with Crippen molar-refractivity contribution in [1.82, 2.24) is 15.1 Å². The molecule has 0 aliphatic carbocycles. The molecule has 1 saturated heterocycles. The van der Waals surface area contributed by atoms with Crippen LogP contribution in [0.15, 0.2) is 42.5 Å². The van der Waals surface area contributed by atoms with Crippen LogP contribution in [0.3, 0.4) is 0 Å². The van der Waals surface area contributed by atoms with Crippen molar-refractivity contribution in [2.24, 2.45) is 0 Å². The molecule has 1 aromatic carbocycles. The predicted octanol–water partition coefficient (Wildman–Crippen LogP) is 2.97. The lowest BCUT2D eigenvalue weighted by Gasteiger charge is -2.36. The molecule has 2 aromatic rings. The van der Waals surface area contributed by atoms with Gasteiger partial charge >= 0.3 is 0 Å². The van der Waals surface area contributed by atoms with Crippen molar-refractivity contribution in [3.63, 3.8) is 0 Å². The van der Waals surface area contributed by atoms with Crippen molar-refractivity contribution in [1.29, 1.82) is 0 Å². The minimum Gasteiger partial charge on any atom is -0.352 e. The first kappa shape index (κ1) is 16.9. The highest BCUT2D eigenvalue weighted by molar-refractivity contribution is 9.10. The van der Waals surface area contributed by atoms with Gasteiger partial charge in [0.15, 0.2) is 5.82 Å². The Morgan fingerprint density at radius 3 is 2.38 bits per heavy atom. The number of aromatic nitrogens is 2. The number of carbonyl (C=O) groups excluding carboxylic acids is 1. The third kappa shape index (κ3) is 3.75. The smallest absolute Gasteiger partial charge is 0.236 e. The van der Waals surface area contributed by atoms with E-state index in [4.69, 9.17) is 0 Å². The normalized spacial score (nSPS) is 16.1. The van der Waals surface area contributed by atoms with Gasteiger partial charge in [0.05, 0.1) is 10.5 Å². The SMILES string of the molecule is CCC(Br)C(=O)N1CCN(c2ccc(-c3ccccc3)nn2)CC1. The molecule has 0 N–H and O–H groups in total. The minimum absolute atomic E-state index is 0.0750. The Kier molecular flexibility index (Phi) is 5.45. The second-order valence-corrected chi connectivity index (χ2v) is 6.94. The van der Waals surface area contributed by atoms with E-state index in [0.717, 1.165) is 49.7 Å². The molecule has 1 unspecified atom stereocenters. The molecule has 1 amide bonds. The number of nitrogens with zero attached hydrogens (tertiary/aromatic N) is 4. The number of halogens is 1. The van der Waals surface area contributed by atoms with Gasteiger partial charge in [0.25, 0.3) is 0 Å². The average molecular weight is 389 g/mol. The molecule has 0 radical (unpaired) electrons. The number of hydrogen-bond acceptors (Lipinski definition) is 4. The predicted molar refractivity (Wildman–Crippen MR) is 99.3 cm³/mol. The van der Waals surface area contributed by atoms with Gasteiger partial charge < -0.3 is 9.80 Å². The molecule has 0 spiro atoms. The molecule has 1 aromatic heterocycles. The lowest BCUT2D eigenvalue weighted by atomic mass is 10.1. The topological polar surface area (TPSA) is 49.3 Å². The van der Waals surface area contributed by atoms with E-state index in [9.17, 15) is 4.79 Å². The molecule has 0 bridgehead atoms. The fourth-order valence-electron chi connectivity index (χ4n) is 2.79. The van der Waals surface area contributed by atoms with Crippen LogP contribution in [0.25, 0.3) is 11.3 Å². The maximum Gasteiger partial charge on any atom is 0.236 e. The van der Waals surface area contributed by atoms with Crippen molar-refractivity contribution in [2.75, 3.05) is 31.1 Å². The quantitative estimate of drug-likeness (QED) is 0.755. The number of carbonyl (C=O) groups is 1. The molecule has 5 nitrogen and oxygen atoms in total. The molecule has 6 heteroatoms. The van der Waals surface area contributed by atoms with Crippen LogP contribution >= 0.6 is 15.9 Å². The van der Waals surface area contributed by atoms with Gasteiger partial charge in [-0.2, -0.15) is 0 Å². The molecular formula is C18H21BrN4O. The number of amides is 1. The summed E-state index contributed by atoms with van der Waals surface area (Å²) in [4.78, 5) is 16.2. The van der Waals surface area contributed by atoms with Gasteiger partial charge in [-0.15, -0.1) is 10.2 Å². The number of anilines is 1. The molecular weight excluding hydrogens is 368 g/mol. The highest BCUT2D eigenvalue weighted by Crippen LogP contribution is 2.19. The van der Waals surface area contributed by atoms with Crippen molar-refractivity contribution < 1.29 is 4.79 Å². The van der Waals surface area contributed by atoms with Crippen LogP contribution in [0, 0.1) is 0 Å². The summed E-state index contributed by atoms with van der Waals surface area (Å²) in [5.74, 6) is 1.05. The molecule has 24 heavy (non-hydrogen) atoms. The van der Waals surface area contributed by atoms with Gasteiger partial charge in [-0.1, -0.05) is 53.2 Å². The Bertz CT molecular complexity index is 669. The van der Waals surface area contributed by atoms with Crippen LogP contribution < -0.4 is 4.90 Å². The van der Waals surface area contributed by atoms with Crippen molar-refractivity contribution >= 4 is 27.7 Å². The summed E-state index contributed by atoms with van der Waals surface area (Å²) in [5.41, 5.74) is 1.94. The number of piperazine rings is 1. The lowest BCUT2D eigenvalue weighted by molar-refractivity contribution is -0.130. The van der Waals surface area contributed by atoms with Gasteiger partial charge in [-0.25, -0.2) is 0 Å². The average Bonchev–Trinajstić information content (AvgIpc) is 2.68. The zero-order valence-electron chi connectivity index (χ0n) is 13.7. The molecule has 1 fully saturated rings. The van der Waals surface area contributed by atoms with E-state index in [1.54, 1.807) is 0 Å². The molecule has 3 rings (SSSR count). The summed E-state index contributed by atoms with van der Waals surface area (Å²) in [6, 6.07) is 14.0. The van der Waals surface area contributed by atoms with Crippen molar-refractivity contribution in [3.8, 4) is 11.3 Å². The van der Waals surface area contributed by atoms with Gasteiger partial charge in [0, 0.05) is 31.7 Å². The zero-order chi connectivity index (χ0) is 16.9. The summed E-state index contributed by atoms with van der Waals surface area (Å²) in [6.07, 6.45) is 0.811. The monoisotopic (exact) mass is 388 g/mol. The maximum absolute atomic E-state index is 12.2. The molecule has 2 heterocycles. The van der Waals surface area contributed by atoms with Crippen LogP contribution in [-0.4, -0.2) is 52.0 Å². The van der Waals surface area contributed by atoms with Crippen LogP contribution in [-0.2, 0) is 4.79 Å². The highest BCUT2D eigenvalue weighted by Gasteiger charge is 2.25. The number of hydrogen-bond donors (Lipinski definition) is 0. The lowest BCUT2D eigenvalue weighted by Crippen LogP contribution is -2.50. The van der Waals surface area contributed by atoms with E-state index in [0.29, 0.717) is 0 Å². The molecule has 1 atom stereocenters. The number of benzene rings is 1. The summed E-state index contributed by atoms with van der Waals surface area (Å²) >= 11 is 3.44. The molecule has 1 aliphatic heterocycles. The van der Waals surface area contributed by atoms with Gasteiger partial charge in [0.2, 0.25) is 5.91 Å². The molecule has 1 aliphatic rings. The standard InChI is InChI=1S/C18H21BrN4O/c1-2-15(19)18(24)23-12-10-22(11-13-23)17-9-8-16(20-21-17)14-6-4-3-5-7-14/h3-9,15H,2,10-13H2,1H3. The van der Waals surface area contributed by atoms with Gasteiger partial charge in [0.1, 0.15) is 0 Å². The number of rotatable bonds is 4. The first-order valence-electron chi connectivity index (χ1n) is 8.26. The van der Waals surface area contributed by atoms with E-state index in [-0.39, 0.29) is 10.7 Å². The fraction of sp³-hybridized carbons (Fsp3) is 0.389. The summed E-state index contributed by atoms with van der Waals surface area (Å²) in [5, 5.41) is 8.70. The molecule has 126 valence electrons.